The van der Waals surface area contributed by atoms with E-state index in [0.29, 0.717) is 28.0 Å². The Hall–Kier alpha value is -2.97. The van der Waals surface area contributed by atoms with Crippen molar-refractivity contribution in [1.82, 2.24) is 9.97 Å². The van der Waals surface area contributed by atoms with Crippen LogP contribution in [0.25, 0.3) is 0 Å². The first-order valence-electron chi connectivity index (χ1n) is 12.3. The van der Waals surface area contributed by atoms with Crippen LogP contribution in [-0.4, -0.2) is 28.3 Å². The third kappa shape index (κ3) is 6.62. The van der Waals surface area contributed by atoms with Crippen LogP contribution in [0.3, 0.4) is 0 Å². The van der Waals surface area contributed by atoms with E-state index in [0.717, 1.165) is 41.3 Å². The van der Waals surface area contributed by atoms with Gasteiger partial charge in [0.2, 0.25) is 12.3 Å². The van der Waals surface area contributed by atoms with E-state index in [4.69, 9.17) is 11.6 Å². The molecule has 1 saturated carbocycles. The van der Waals surface area contributed by atoms with Gasteiger partial charge in [0.05, 0.1) is 12.2 Å². The summed E-state index contributed by atoms with van der Waals surface area (Å²) >= 11 is 7.52. The minimum Gasteiger partial charge on any atom is -0.376 e. The molecule has 0 bridgehead atoms. The Morgan fingerprint density at radius 3 is 2.58 bits per heavy atom. The number of nitrogens with one attached hydrogen (secondary N) is 2. The van der Waals surface area contributed by atoms with Gasteiger partial charge in [0.15, 0.2) is 0 Å². The fourth-order valence-corrected chi connectivity index (χ4v) is 5.93. The largest absolute Gasteiger partial charge is 0.376 e. The topological polar surface area (TPSA) is 87.2 Å². The summed E-state index contributed by atoms with van der Waals surface area (Å²) in [6.07, 6.45) is 7.56. The molecule has 0 radical (unpaired) electrons. The molecule has 1 fully saturated rings. The predicted molar refractivity (Wildman–Crippen MR) is 147 cm³/mol. The number of carbonyl (C=O) groups is 2. The Balaban J connectivity index is 1.55. The smallest absolute Gasteiger partial charge is 0.247 e. The quantitative estimate of drug-likeness (QED) is 0.294. The van der Waals surface area contributed by atoms with Gasteiger partial charge in [0, 0.05) is 27.8 Å². The highest BCUT2D eigenvalue weighted by Gasteiger charge is 2.32. The summed E-state index contributed by atoms with van der Waals surface area (Å²) in [6.45, 7) is 5.80. The molecule has 0 unspecified atom stereocenters. The molecule has 2 amide bonds. The molecule has 1 aliphatic rings. The molecule has 190 valence electrons. The van der Waals surface area contributed by atoms with Crippen molar-refractivity contribution in [3.8, 4) is 0 Å². The summed E-state index contributed by atoms with van der Waals surface area (Å²) < 4.78 is 0. The van der Waals surface area contributed by atoms with Crippen LogP contribution in [0.4, 0.5) is 16.4 Å². The molecule has 4 rings (SSSR count). The van der Waals surface area contributed by atoms with Crippen molar-refractivity contribution in [1.29, 1.82) is 0 Å². The van der Waals surface area contributed by atoms with Gasteiger partial charge in [-0.1, -0.05) is 54.7 Å². The maximum absolute atomic E-state index is 13.5. The lowest BCUT2D eigenvalue weighted by Crippen LogP contribution is -2.44. The van der Waals surface area contributed by atoms with Gasteiger partial charge < -0.3 is 10.6 Å². The number of benzene rings is 1. The molecule has 0 saturated heterocycles. The van der Waals surface area contributed by atoms with E-state index < -0.39 is 6.04 Å². The van der Waals surface area contributed by atoms with E-state index in [-0.39, 0.29) is 11.9 Å². The second-order valence-corrected chi connectivity index (χ2v) is 10.9. The number of hydrogen-bond acceptors (Lipinski definition) is 6. The third-order valence-electron chi connectivity index (χ3n) is 6.48. The zero-order valence-electron chi connectivity index (χ0n) is 20.8. The highest BCUT2D eigenvalue weighted by molar-refractivity contribution is 7.16. The van der Waals surface area contributed by atoms with E-state index >= 15 is 0 Å². The number of halogens is 1. The average molecular weight is 526 g/mol. The van der Waals surface area contributed by atoms with E-state index in [2.05, 4.69) is 20.6 Å². The van der Waals surface area contributed by atoms with Crippen molar-refractivity contribution in [2.75, 3.05) is 15.5 Å². The lowest BCUT2D eigenvalue weighted by molar-refractivity contribution is -0.119. The van der Waals surface area contributed by atoms with Gasteiger partial charge in [-0.2, -0.15) is 0 Å². The Morgan fingerprint density at radius 1 is 1.19 bits per heavy atom. The van der Waals surface area contributed by atoms with Crippen LogP contribution < -0.4 is 15.5 Å². The second kappa shape index (κ2) is 11.8. The van der Waals surface area contributed by atoms with Crippen molar-refractivity contribution in [2.45, 2.75) is 65.0 Å². The van der Waals surface area contributed by atoms with Crippen molar-refractivity contribution in [3.63, 3.8) is 0 Å². The summed E-state index contributed by atoms with van der Waals surface area (Å²) in [5.74, 6) is 0.221. The lowest BCUT2D eigenvalue weighted by atomic mass is 9.97. The van der Waals surface area contributed by atoms with Gasteiger partial charge in [0.25, 0.3) is 0 Å². The van der Waals surface area contributed by atoms with Gasteiger partial charge >= 0.3 is 0 Å². The van der Waals surface area contributed by atoms with Gasteiger partial charge in [-0.15, -0.1) is 0 Å². The molecule has 9 heteroatoms. The molecule has 2 atom stereocenters. The van der Waals surface area contributed by atoms with Gasteiger partial charge in [-0.25, -0.2) is 4.98 Å². The highest BCUT2D eigenvalue weighted by Crippen LogP contribution is 2.34. The summed E-state index contributed by atoms with van der Waals surface area (Å²) in [5.41, 5.74) is 3.24. The number of aryl methyl sites for hydroxylation is 2. The minimum absolute atomic E-state index is 0.0967. The zero-order valence-corrected chi connectivity index (χ0v) is 22.4. The number of pyridine rings is 1. The number of hydrogen-bond donors (Lipinski definition) is 2. The molecule has 0 spiro atoms. The molecule has 1 aliphatic carbocycles. The first-order valence-corrected chi connectivity index (χ1v) is 13.5. The molecule has 36 heavy (non-hydrogen) atoms. The predicted octanol–water partition coefficient (Wildman–Crippen LogP) is 6.53. The minimum atomic E-state index is -0.621. The van der Waals surface area contributed by atoms with Crippen LogP contribution in [0, 0.1) is 19.8 Å². The molecule has 7 nitrogen and oxygen atoms in total. The summed E-state index contributed by atoms with van der Waals surface area (Å²) in [4.78, 5) is 36.4. The first kappa shape index (κ1) is 26.1. The molecule has 2 aromatic heterocycles. The number of nitrogens with zero attached hydrogens (tertiary/aromatic N) is 3. The molecule has 2 heterocycles. The van der Waals surface area contributed by atoms with E-state index in [1.165, 1.54) is 24.2 Å². The van der Waals surface area contributed by atoms with Gasteiger partial charge in [-0.05, 0) is 63.4 Å². The SMILES string of the molecule is Cc1cc(NC(=O)[C@H](CC2CCCC2)N(C=O)c2cnc([C@@H](C)Nc3cccc(Cl)c3)s2)cc(C)n1. The standard InChI is InChI=1S/C27H32ClN5O2S/c1-17-11-23(12-18(2)30-17)32-26(35)24(13-20-7-4-5-8-20)33(16-34)25-15-29-27(36-25)19(3)31-22-10-6-9-21(28)14-22/h6,9-12,14-16,19-20,24,31H,4-5,7-8,13H2,1-3H3,(H,30,32,35)/t19-,24+/m1/s1. The zero-order chi connectivity index (χ0) is 25.7. The van der Waals surface area contributed by atoms with Crippen molar-refractivity contribution in [2.24, 2.45) is 5.92 Å². The van der Waals surface area contributed by atoms with Crippen LogP contribution in [0.2, 0.25) is 5.02 Å². The fourth-order valence-electron chi connectivity index (χ4n) is 4.81. The maximum Gasteiger partial charge on any atom is 0.247 e. The molecule has 1 aromatic carbocycles. The Labute approximate surface area is 221 Å². The van der Waals surface area contributed by atoms with Crippen LogP contribution >= 0.6 is 22.9 Å². The lowest BCUT2D eigenvalue weighted by Gasteiger charge is -2.28. The molecular weight excluding hydrogens is 494 g/mol. The van der Waals surface area contributed by atoms with E-state index in [9.17, 15) is 9.59 Å². The second-order valence-electron chi connectivity index (χ2n) is 9.46. The first-order chi connectivity index (χ1) is 17.3. The molecule has 3 aromatic rings. The summed E-state index contributed by atoms with van der Waals surface area (Å²) in [5, 5.41) is 8.55. The summed E-state index contributed by atoms with van der Waals surface area (Å²) in [7, 11) is 0. The van der Waals surface area contributed by atoms with Crippen LogP contribution in [0.15, 0.2) is 42.6 Å². The fraction of sp³-hybridized carbons (Fsp3) is 0.407. The number of carbonyl (C=O) groups excluding carboxylic acids is 2. The van der Waals surface area contributed by atoms with Crippen molar-refractivity contribution < 1.29 is 9.59 Å². The molecule has 2 N–H and O–H groups in total. The van der Waals surface area contributed by atoms with Gasteiger partial charge in [0.1, 0.15) is 16.1 Å². The van der Waals surface area contributed by atoms with Crippen LogP contribution in [0.5, 0.6) is 0 Å². The monoisotopic (exact) mass is 525 g/mol. The number of rotatable bonds is 10. The Kier molecular flexibility index (Phi) is 8.59. The summed E-state index contributed by atoms with van der Waals surface area (Å²) in [6, 6.07) is 10.5. The van der Waals surface area contributed by atoms with E-state index in [1.54, 1.807) is 11.1 Å². The highest BCUT2D eigenvalue weighted by atomic mass is 35.5. The Bertz CT molecular complexity index is 1190. The average Bonchev–Trinajstić information content (AvgIpc) is 3.51. The number of amides is 2. The number of anilines is 3. The van der Waals surface area contributed by atoms with Crippen LogP contribution in [-0.2, 0) is 9.59 Å². The molecule has 0 aliphatic heterocycles. The van der Waals surface area contributed by atoms with Gasteiger partial charge in [-0.3, -0.25) is 19.5 Å². The van der Waals surface area contributed by atoms with Crippen molar-refractivity contribution >= 4 is 51.6 Å². The molecular formula is C27H32ClN5O2S. The Morgan fingerprint density at radius 2 is 1.92 bits per heavy atom. The maximum atomic E-state index is 13.5. The normalized spacial score (nSPS) is 15.3. The number of aromatic nitrogens is 2. The van der Waals surface area contributed by atoms with E-state index in [1.807, 2.05) is 57.2 Å². The van der Waals surface area contributed by atoms with Crippen LogP contribution in [0.1, 0.15) is 61.5 Å². The van der Waals surface area contributed by atoms with Crippen molar-refractivity contribution in [3.05, 3.63) is 64.0 Å². The number of thiazole rings is 1. The third-order valence-corrected chi connectivity index (χ3v) is 7.90.